The summed E-state index contributed by atoms with van der Waals surface area (Å²) in [5.41, 5.74) is 1.89. The van der Waals surface area contributed by atoms with Gasteiger partial charge in [-0.3, -0.25) is 14.4 Å². The van der Waals surface area contributed by atoms with Crippen molar-refractivity contribution >= 4 is 37.0 Å². The van der Waals surface area contributed by atoms with Gasteiger partial charge in [0.25, 0.3) is 5.56 Å². The molecule has 48 heavy (non-hydrogen) atoms. The summed E-state index contributed by atoms with van der Waals surface area (Å²) in [5, 5.41) is 17.8. The van der Waals surface area contributed by atoms with E-state index in [-0.39, 0.29) is 42.2 Å². The topological polar surface area (TPSA) is 149 Å². The maximum atomic E-state index is 15.2. The van der Waals surface area contributed by atoms with Gasteiger partial charge >= 0.3 is 5.97 Å². The van der Waals surface area contributed by atoms with Crippen molar-refractivity contribution in [3.05, 3.63) is 61.7 Å². The van der Waals surface area contributed by atoms with Crippen molar-refractivity contribution in [2.75, 3.05) is 13.2 Å². The lowest BCUT2D eigenvalue weighted by Crippen LogP contribution is -2.44. The summed E-state index contributed by atoms with van der Waals surface area (Å²) in [6.07, 6.45) is 0.568. The Morgan fingerprint density at radius 1 is 1.19 bits per heavy atom. The van der Waals surface area contributed by atoms with Gasteiger partial charge in [-0.15, -0.1) is 0 Å². The third-order valence-electron chi connectivity index (χ3n) is 10.7. The Morgan fingerprint density at radius 2 is 1.92 bits per heavy atom. The van der Waals surface area contributed by atoms with Crippen molar-refractivity contribution in [3.8, 4) is 11.4 Å². The quantitative estimate of drug-likeness (QED) is 0.109. The van der Waals surface area contributed by atoms with E-state index in [1.165, 1.54) is 10.6 Å². The predicted molar refractivity (Wildman–Crippen MR) is 179 cm³/mol. The van der Waals surface area contributed by atoms with E-state index in [1.807, 2.05) is 0 Å². The van der Waals surface area contributed by atoms with Gasteiger partial charge < -0.3 is 29.5 Å². The molecule has 11 nitrogen and oxygen atoms in total. The summed E-state index contributed by atoms with van der Waals surface area (Å²) in [5.74, 6) is -2.11. The van der Waals surface area contributed by atoms with E-state index in [0.717, 1.165) is 16.5 Å². The summed E-state index contributed by atoms with van der Waals surface area (Å²) in [4.78, 5) is 57.3. The Hall–Kier alpha value is -3.94. The van der Waals surface area contributed by atoms with Crippen molar-refractivity contribution in [2.24, 2.45) is 0 Å². The van der Waals surface area contributed by atoms with Gasteiger partial charge in [0.2, 0.25) is 11.8 Å². The van der Waals surface area contributed by atoms with Crippen LogP contribution in [0, 0.1) is 12.7 Å². The van der Waals surface area contributed by atoms with Crippen molar-refractivity contribution in [1.29, 1.82) is 0 Å². The lowest BCUT2D eigenvalue weighted by molar-refractivity contribution is -0.172. The molecule has 4 heterocycles. The van der Waals surface area contributed by atoms with E-state index in [0.29, 0.717) is 54.0 Å². The van der Waals surface area contributed by atoms with E-state index in [2.05, 4.69) is 44.5 Å². The number of carbonyl (C=O) groups is 3. The first-order valence-corrected chi connectivity index (χ1v) is 19.4. The van der Waals surface area contributed by atoms with Crippen LogP contribution in [0.1, 0.15) is 86.4 Å². The summed E-state index contributed by atoms with van der Waals surface area (Å²) in [6, 6.07) is 2.44. The monoisotopic (exact) mass is 678 g/mol. The fraction of sp³-hybridized carbons (Fsp3) is 0.514. The van der Waals surface area contributed by atoms with Crippen LogP contribution in [0.15, 0.2) is 16.9 Å². The molecule has 3 aromatic rings. The second-order valence-electron chi connectivity index (χ2n) is 14.6. The molecule has 2 amide bonds. The number of hydrogen-bond acceptors (Lipinski definition) is 8. The molecule has 0 spiro atoms. The highest BCUT2D eigenvalue weighted by atomic mass is 28.4. The van der Waals surface area contributed by atoms with E-state index >= 15 is 4.39 Å². The number of amides is 2. The molecule has 13 heteroatoms. The molecule has 0 fully saturated rings. The van der Waals surface area contributed by atoms with Gasteiger partial charge in [0, 0.05) is 29.1 Å². The standard InChI is InChI=1S/C35H43FN4O7Si/c1-8-35(45)22-13-26-31-20(16-40(26)32(43)21(22)17-46-33(35)44)30-24(10-9-19-18(2)23(36)14-25(39-31)29(19)30)38-28(42)15-27(41)37-11-12-47-48(6,7)34(3,4)5/h13-14,24,45H,8-12,15-17H2,1-7H3,(H,37,41)(H,38,42)/t24-,35-/m0/s1. The van der Waals surface area contributed by atoms with Crippen LogP contribution >= 0.6 is 0 Å². The van der Waals surface area contributed by atoms with Crippen molar-refractivity contribution < 1.29 is 33.0 Å². The number of hydrogen-bond donors (Lipinski definition) is 3. The first-order valence-electron chi connectivity index (χ1n) is 16.5. The molecular weight excluding hydrogens is 635 g/mol. The SMILES string of the molecule is CC[C@@]1(O)C(=O)OCc2c1cc1n(c2=O)Cc2c-1nc1cc(F)c(C)c3c1c2[C@@H](NC(=O)CC(=O)NCCO[Si](C)(C)C(C)(C)C)CC3. The minimum absolute atomic E-state index is 0.00414. The minimum Gasteiger partial charge on any atom is -0.458 e. The first-order chi connectivity index (χ1) is 22.5. The number of carbonyl (C=O) groups excluding carboxylic acids is 3. The van der Waals surface area contributed by atoms with E-state index in [4.69, 9.17) is 14.1 Å². The van der Waals surface area contributed by atoms with Gasteiger partial charge in [0.15, 0.2) is 13.9 Å². The van der Waals surface area contributed by atoms with Crippen LogP contribution < -0.4 is 16.2 Å². The fourth-order valence-electron chi connectivity index (χ4n) is 6.87. The molecule has 3 aliphatic rings. The number of ether oxygens (including phenoxy) is 1. The molecule has 1 aromatic carbocycles. The molecule has 3 N–H and O–H groups in total. The number of aromatic nitrogens is 2. The van der Waals surface area contributed by atoms with E-state index in [1.54, 1.807) is 19.9 Å². The third kappa shape index (κ3) is 5.45. The Kier molecular flexibility index (Phi) is 8.40. The Labute approximate surface area is 279 Å². The number of benzene rings is 1. The number of pyridine rings is 2. The largest absolute Gasteiger partial charge is 0.458 e. The van der Waals surface area contributed by atoms with Crippen LogP contribution in [0.3, 0.4) is 0 Å². The maximum Gasteiger partial charge on any atom is 0.343 e. The molecule has 1 aliphatic carbocycles. The molecule has 2 atom stereocenters. The lowest BCUT2D eigenvalue weighted by atomic mass is 9.81. The summed E-state index contributed by atoms with van der Waals surface area (Å²) in [7, 11) is -1.97. The van der Waals surface area contributed by atoms with Crippen LogP contribution in [0.4, 0.5) is 4.39 Å². The average Bonchev–Trinajstić information content (AvgIpc) is 3.38. The number of nitrogens with zero attached hydrogens (tertiary/aromatic N) is 2. The normalized spacial score (nSPS) is 19.8. The van der Waals surface area contributed by atoms with Crippen molar-refractivity contribution in [3.63, 3.8) is 0 Å². The third-order valence-corrected chi connectivity index (χ3v) is 15.3. The average molecular weight is 679 g/mol. The Bertz CT molecular complexity index is 1950. The molecule has 2 aromatic heterocycles. The molecule has 0 radical (unpaired) electrons. The second-order valence-corrected chi connectivity index (χ2v) is 19.4. The van der Waals surface area contributed by atoms with Crippen molar-refractivity contribution in [1.82, 2.24) is 20.2 Å². The predicted octanol–water partition coefficient (Wildman–Crippen LogP) is 4.16. The zero-order chi connectivity index (χ0) is 34.9. The Balaban J connectivity index is 1.31. The molecule has 0 saturated heterocycles. The molecule has 0 bridgehead atoms. The summed E-state index contributed by atoms with van der Waals surface area (Å²) < 4.78 is 28.0. The van der Waals surface area contributed by atoms with Gasteiger partial charge in [0.1, 0.15) is 18.8 Å². The van der Waals surface area contributed by atoms with Crippen LogP contribution in [0.25, 0.3) is 22.3 Å². The highest BCUT2D eigenvalue weighted by Gasteiger charge is 2.46. The van der Waals surface area contributed by atoms with E-state index < -0.39 is 49.1 Å². The first kappa shape index (κ1) is 33.9. The maximum absolute atomic E-state index is 15.2. The fourth-order valence-corrected chi connectivity index (χ4v) is 7.91. The van der Waals surface area contributed by atoms with E-state index in [9.17, 15) is 24.3 Å². The minimum atomic E-state index is -1.99. The number of cyclic esters (lactones) is 1. The summed E-state index contributed by atoms with van der Waals surface area (Å²) >= 11 is 0. The molecule has 2 aliphatic heterocycles. The zero-order valence-electron chi connectivity index (χ0n) is 28.6. The highest BCUT2D eigenvalue weighted by Crippen LogP contribution is 2.46. The molecule has 256 valence electrons. The number of rotatable bonds is 8. The second kappa shape index (κ2) is 11.9. The summed E-state index contributed by atoms with van der Waals surface area (Å²) in [6.45, 7) is 14.6. The number of nitrogens with one attached hydrogen (secondary N) is 2. The number of halogens is 1. The smallest absolute Gasteiger partial charge is 0.343 e. The van der Waals surface area contributed by atoms with Gasteiger partial charge in [0.05, 0.1) is 41.7 Å². The number of aryl methyl sites for hydroxylation is 1. The van der Waals surface area contributed by atoms with Gasteiger partial charge in [-0.25, -0.2) is 14.2 Å². The van der Waals surface area contributed by atoms with Crippen LogP contribution in [-0.4, -0.2) is 53.9 Å². The van der Waals surface area contributed by atoms with Crippen molar-refractivity contribution in [2.45, 2.75) is 103 Å². The molecule has 6 rings (SSSR count). The van der Waals surface area contributed by atoms with Gasteiger partial charge in [-0.05, 0) is 67.1 Å². The van der Waals surface area contributed by atoms with Gasteiger partial charge in [-0.1, -0.05) is 27.7 Å². The van der Waals surface area contributed by atoms with Crippen LogP contribution in [0.2, 0.25) is 18.1 Å². The Morgan fingerprint density at radius 3 is 2.60 bits per heavy atom. The van der Waals surface area contributed by atoms with Gasteiger partial charge in [-0.2, -0.15) is 0 Å². The molecule has 0 saturated carbocycles. The molecular formula is C35H43FN4O7Si. The number of fused-ring (bicyclic) bond motifs is 5. The zero-order valence-corrected chi connectivity index (χ0v) is 29.6. The number of aliphatic hydroxyl groups is 1. The highest BCUT2D eigenvalue weighted by molar-refractivity contribution is 6.74. The van der Waals surface area contributed by atoms with Crippen LogP contribution in [0.5, 0.6) is 0 Å². The lowest BCUT2D eigenvalue weighted by Gasteiger charge is -2.36. The molecule has 0 unspecified atom stereocenters. The number of esters is 1. The van der Waals surface area contributed by atoms with Crippen LogP contribution in [-0.2, 0) is 48.7 Å².